The van der Waals surface area contributed by atoms with Crippen LogP contribution in [0.4, 0.5) is 14.7 Å². The van der Waals surface area contributed by atoms with E-state index in [9.17, 15) is 18.7 Å². The van der Waals surface area contributed by atoms with E-state index in [1.807, 2.05) is 41.5 Å². The number of hydrogen-bond donors (Lipinski definition) is 1. The molecule has 1 aliphatic heterocycles. The van der Waals surface area contributed by atoms with Crippen LogP contribution in [0.15, 0.2) is 55.0 Å². The summed E-state index contributed by atoms with van der Waals surface area (Å²) in [5.41, 5.74) is 4.76. The summed E-state index contributed by atoms with van der Waals surface area (Å²) in [6, 6.07) is 10.6. The molecule has 0 spiro atoms. The number of anilines is 1. The van der Waals surface area contributed by atoms with Crippen LogP contribution in [0.2, 0.25) is 0 Å². The first-order valence-corrected chi connectivity index (χ1v) is 12.1. The van der Waals surface area contributed by atoms with E-state index in [-0.39, 0.29) is 17.6 Å². The van der Waals surface area contributed by atoms with Gasteiger partial charge in [0.1, 0.15) is 11.4 Å². The van der Waals surface area contributed by atoms with E-state index < -0.39 is 12.6 Å². The van der Waals surface area contributed by atoms with Crippen molar-refractivity contribution in [3.63, 3.8) is 0 Å². The van der Waals surface area contributed by atoms with Gasteiger partial charge in [-0.2, -0.15) is 8.78 Å². The minimum Gasteiger partial charge on any atom is -0.481 e. The van der Waals surface area contributed by atoms with Crippen LogP contribution in [0.25, 0.3) is 16.8 Å². The number of alkyl halides is 2. The zero-order valence-electron chi connectivity index (χ0n) is 20.5. The lowest BCUT2D eigenvalue weighted by molar-refractivity contribution is -0.144. The Morgan fingerprint density at radius 1 is 1.16 bits per heavy atom. The second-order valence-corrected chi connectivity index (χ2v) is 9.38. The number of fused-ring (bicyclic) bond motifs is 1. The maximum atomic E-state index is 12.9. The van der Waals surface area contributed by atoms with E-state index in [2.05, 4.69) is 15.0 Å². The molecule has 37 heavy (non-hydrogen) atoms. The highest BCUT2D eigenvalue weighted by atomic mass is 19.3. The van der Waals surface area contributed by atoms with Crippen LogP contribution in [0, 0.1) is 18.8 Å². The fourth-order valence-electron chi connectivity index (χ4n) is 4.96. The molecule has 0 saturated carbocycles. The lowest BCUT2D eigenvalue weighted by Crippen LogP contribution is -2.42. The summed E-state index contributed by atoms with van der Waals surface area (Å²) < 4.78 is 32.4. The van der Waals surface area contributed by atoms with Crippen LogP contribution < -0.4 is 9.64 Å². The fraction of sp³-hybridized carbons (Fsp3) is 0.333. The Morgan fingerprint density at radius 3 is 2.62 bits per heavy atom. The van der Waals surface area contributed by atoms with Gasteiger partial charge in [-0.15, -0.1) is 0 Å². The number of pyridine rings is 1. The van der Waals surface area contributed by atoms with Gasteiger partial charge in [0.05, 0.1) is 11.6 Å². The summed E-state index contributed by atoms with van der Waals surface area (Å²) in [6.07, 6.45) is 6.39. The van der Waals surface area contributed by atoms with E-state index in [0.717, 1.165) is 28.2 Å². The molecule has 0 radical (unpaired) electrons. The number of carboxylic acid groups (broad SMARTS) is 1. The highest BCUT2D eigenvalue weighted by molar-refractivity contribution is 5.71. The molecule has 4 heterocycles. The highest BCUT2D eigenvalue weighted by Crippen LogP contribution is 2.29. The number of piperidine rings is 1. The molecule has 0 unspecified atom stereocenters. The Hall–Kier alpha value is -4.08. The zero-order valence-corrected chi connectivity index (χ0v) is 20.5. The lowest BCUT2D eigenvalue weighted by Gasteiger charge is -2.34. The number of imidazole rings is 1. The first-order valence-electron chi connectivity index (χ1n) is 12.1. The smallest absolute Gasteiger partial charge is 0.387 e. The van der Waals surface area contributed by atoms with Gasteiger partial charge >= 0.3 is 12.6 Å². The number of para-hydroxylation sites is 1. The normalized spacial score (nSPS) is 17.9. The third-order valence-electron chi connectivity index (χ3n) is 6.94. The predicted molar refractivity (Wildman–Crippen MR) is 134 cm³/mol. The Balaban J connectivity index is 1.40. The van der Waals surface area contributed by atoms with E-state index in [1.165, 1.54) is 6.07 Å². The van der Waals surface area contributed by atoms with Crippen molar-refractivity contribution in [1.82, 2.24) is 19.4 Å². The largest absolute Gasteiger partial charge is 0.481 e. The van der Waals surface area contributed by atoms with Crippen molar-refractivity contribution in [3.05, 3.63) is 71.9 Å². The van der Waals surface area contributed by atoms with Crippen molar-refractivity contribution < 1.29 is 23.4 Å². The van der Waals surface area contributed by atoms with Crippen LogP contribution in [-0.4, -0.2) is 50.1 Å². The van der Waals surface area contributed by atoms with Gasteiger partial charge in [-0.3, -0.25) is 4.79 Å². The van der Waals surface area contributed by atoms with Crippen LogP contribution in [0.1, 0.15) is 30.3 Å². The number of hydrogen-bond acceptors (Lipinski definition) is 6. The van der Waals surface area contributed by atoms with Gasteiger partial charge in [-0.1, -0.05) is 25.1 Å². The third kappa shape index (κ3) is 5.09. The molecule has 10 heteroatoms. The summed E-state index contributed by atoms with van der Waals surface area (Å²) in [5, 5.41) is 9.36. The maximum Gasteiger partial charge on any atom is 0.387 e. The van der Waals surface area contributed by atoms with Gasteiger partial charge in [0.25, 0.3) is 0 Å². The quantitative estimate of drug-likeness (QED) is 0.383. The van der Waals surface area contributed by atoms with Gasteiger partial charge in [0, 0.05) is 60.5 Å². The molecule has 1 N–H and O–H groups in total. The second-order valence-electron chi connectivity index (χ2n) is 9.38. The Kier molecular flexibility index (Phi) is 6.73. The highest BCUT2D eigenvalue weighted by Gasteiger charge is 2.32. The van der Waals surface area contributed by atoms with Crippen molar-refractivity contribution >= 4 is 17.6 Å². The lowest BCUT2D eigenvalue weighted by atomic mass is 9.87. The van der Waals surface area contributed by atoms with Gasteiger partial charge < -0.3 is 19.1 Å². The number of benzene rings is 1. The van der Waals surface area contributed by atoms with Crippen LogP contribution in [-0.2, 0) is 11.2 Å². The van der Waals surface area contributed by atoms with Crippen molar-refractivity contribution in [1.29, 1.82) is 0 Å². The predicted octanol–water partition coefficient (Wildman–Crippen LogP) is 4.84. The number of aryl methyl sites for hydroxylation is 1. The van der Waals surface area contributed by atoms with Crippen LogP contribution in [0.5, 0.6) is 5.75 Å². The number of carboxylic acids is 1. The fourth-order valence-corrected chi connectivity index (χ4v) is 4.96. The summed E-state index contributed by atoms with van der Waals surface area (Å²) in [5.74, 6) is -0.359. The topological polar surface area (TPSA) is 92.9 Å². The first-order chi connectivity index (χ1) is 17.8. The average molecular weight is 508 g/mol. The average Bonchev–Trinajstić information content (AvgIpc) is 3.18. The molecule has 0 bridgehead atoms. The molecule has 5 rings (SSSR count). The summed E-state index contributed by atoms with van der Waals surface area (Å²) in [7, 11) is 0. The number of nitrogens with zero attached hydrogens (tertiary/aromatic N) is 5. The first kappa shape index (κ1) is 24.6. The SMILES string of the molecule is Cc1nc2ccc(-c3cnc(N4CC[C@H](C(=O)O)[C@@H](C)C4)nc3)cn2c1Cc1ccccc1OC(F)F. The molecule has 8 nitrogen and oxygen atoms in total. The molecule has 192 valence electrons. The Morgan fingerprint density at radius 2 is 1.92 bits per heavy atom. The molecule has 4 aromatic rings. The van der Waals surface area contributed by atoms with Crippen molar-refractivity contribution in [2.24, 2.45) is 11.8 Å². The number of carbonyl (C=O) groups is 1. The molecule has 1 aromatic carbocycles. The maximum absolute atomic E-state index is 12.9. The van der Waals surface area contributed by atoms with Gasteiger partial charge in [0.15, 0.2) is 0 Å². The molecular formula is C27H27F2N5O3. The Labute approximate surface area is 212 Å². The zero-order chi connectivity index (χ0) is 26.1. The monoisotopic (exact) mass is 507 g/mol. The van der Waals surface area contributed by atoms with E-state index in [4.69, 9.17) is 4.74 Å². The van der Waals surface area contributed by atoms with Crippen molar-refractivity contribution in [2.45, 2.75) is 33.3 Å². The molecule has 1 fully saturated rings. The molecule has 1 aliphatic rings. The molecule has 2 atom stereocenters. The molecule has 0 aliphatic carbocycles. The minimum absolute atomic E-state index is 0.0102. The molecule has 1 saturated heterocycles. The minimum atomic E-state index is -2.90. The Bertz CT molecular complexity index is 1420. The number of aliphatic carboxylic acids is 1. The van der Waals surface area contributed by atoms with Crippen molar-refractivity contribution in [2.75, 3.05) is 18.0 Å². The molecule has 3 aromatic heterocycles. The molecular weight excluding hydrogens is 480 g/mol. The van der Waals surface area contributed by atoms with Gasteiger partial charge in [0.2, 0.25) is 5.95 Å². The molecule has 0 amide bonds. The number of aromatic nitrogens is 4. The second kappa shape index (κ2) is 10.1. The number of rotatable bonds is 7. The van der Waals surface area contributed by atoms with E-state index in [1.54, 1.807) is 30.6 Å². The number of ether oxygens (including phenoxy) is 1. The van der Waals surface area contributed by atoms with Gasteiger partial charge in [-0.25, -0.2) is 15.0 Å². The standard InChI is InChI=1S/C27H27F2N5O3/c1-16-14-33(10-9-21(16)25(35)36)27-30-12-20(13-31-27)19-7-8-24-32-17(2)22(34(24)15-19)11-18-5-3-4-6-23(18)37-26(28)29/h3-8,12-13,15-16,21,26H,9-11,14H2,1-2H3,(H,35,36)/t16-,21-/m0/s1. The van der Waals surface area contributed by atoms with Crippen molar-refractivity contribution in [3.8, 4) is 16.9 Å². The van der Waals surface area contributed by atoms with E-state index in [0.29, 0.717) is 37.4 Å². The van der Waals surface area contributed by atoms with Crippen LogP contribution in [0.3, 0.4) is 0 Å². The number of halogens is 2. The third-order valence-corrected chi connectivity index (χ3v) is 6.94. The summed E-state index contributed by atoms with van der Waals surface area (Å²) in [4.78, 5) is 27.2. The van der Waals surface area contributed by atoms with Crippen LogP contribution >= 0.6 is 0 Å². The van der Waals surface area contributed by atoms with E-state index >= 15 is 0 Å². The van der Waals surface area contributed by atoms with Gasteiger partial charge in [-0.05, 0) is 37.5 Å². The summed E-state index contributed by atoms with van der Waals surface area (Å²) >= 11 is 0. The summed E-state index contributed by atoms with van der Waals surface area (Å²) in [6.45, 7) is 2.13.